The number of aryl methyl sites for hydroxylation is 1. The molecule has 0 aromatic carbocycles. The summed E-state index contributed by atoms with van der Waals surface area (Å²) in [6.07, 6.45) is 2.37. The highest BCUT2D eigenvalue weighted by atomic mass is 35.5. The zero-order valence-corrected chi connectivity index (χ0v) is 9.69. The van der Waals surface area contributed by atoms with Crippen molar-refractivity contribution in [2.75, 3.05) is 0 Å². The lowest BCUT2D eigenvalue weighted by Gasteiger charge is -2.04. The van der Waals surface area contributed by atoms with E-state index in [0.717, 1.165) is 17.7 Å². The number of hydrogen-bond donors (Lipinski definition) is 0. The zero-order chi connectivity index (χ0) is 11.7. The van der Waals surface area contributed by atoms with Gasteiger partial charge in [-0.05, 0) is 26.0 Å². The third-order valence-electron chi connectivity index (χ3n) is 2.35. The maximum atomic E-state index is 10.9. The number of aromatic nitrogens is 3. The lowest BCUT2D eigenvalue weighted by Crippen LogP contribution is -2.05. The van der Waals surface area contributed by atoms with Gasteiger partial charge < -0.3 is 0 Å². The first-order chi connectivity index (χ1) is 7.65. The van der Waals surface area contributed by atoms with Crippen molar-refractivity contribution in [1.29, 1.82) is 0 Å². The van der Waals surface area contributed by atoms with Gasteiger partial charge in [0, 0.05) is 6.20 Å². The van der Waals surface area contributed by atoms with Crippen molar-refractivity contribution < 1.29 is 4.79 Å². The molecule has 0 saturated carbocycles. The van der Waals surface area contributed by atoms with Crippen molar-refractivity contribution in [3.05, 3.63) is 40.3 Å². The van der Waals surface area contributed by atoms with Crippen LogP contribution in [0.1, 0.15) is 21.7 Å². The molecule has 0 bridgehead atoms. The van der Waals surface area contributed by atoms with Crippen molar-refractivity contribution in [3.63, 3.8) is 0 Å². The highest BCUT2D eigenvalue weighted by Crippen LogP contribution is 2.22. The predicted molar refractivity (Wildman–Crippen MR) is 61.2 cm³/mol. The summed E-state index contributed by atoms with van der Waals surface area (Å²) >= 11 is 6.04. The van der Waals surface area contributed by atoms with Gasteiger partial charge >= 0.3 is 0 Å². The molecular formula is C11H10ClN3O. The average Bonchev–Trinajstić information content (AvgIpc) is 2.57. The summed E-state index contributed by atoms with van der Waals surface area (Å²) in [6.45, 7) is 3.65. The first kappa shape index (κ1) is 10.8. The number of rotatable bonds is 2. The molecule has 2 rings (SSSR count). The van der Waals surface area contributed by atoms with E-state index in [1.807, 2.05) is 13.8 Å². The Hall–Kier alpha value is -1.68. The van der Waals surface area contributed by atoms with Gasteiger partial charge in [-0.15, -0.1) is 0 Å². The Morgan fingerprint density at radius 3 is 2.75 bits per heavy atom. The number of carbonyl (C=O) groups excluding carboxylic acids is 1. The monoisotopic (exact) mass is 235 g/mol. The van der Waals surface area contributed by atoms with Gasteiger partial charge in [0.25, 0.3) is 0 Å². The molecule has 0 fully saturated rings. The van der Waals surface area contributed by atoms with Gasteiger partial charge in [0.2, 0.25) is 0 Å². The van der Waals surface area contributed by atoms with E-state index >= 15 is 0 Å². The molecule has 4 nitrogen and oxygen atoms in total. The number of pyridine rings is 1. The molecule has 0 unspecified atom stereocenters. The fourth-order valence-corrected chi connectivity index (χ4v) is 1.63. The van der Waals surface area contributed by atoms with Crippen molar-refractivity contribution in [2.24, 2.45) is 0 Å². The van der Waals surface area contributed by atoms with E-state index in [9.17, 15) is 4.79 Å². The standard InChI is InChI=1S/C11H10ClN3O/c1-7-10(12)8(2)15(14-7)11-9(6-16)4-3-5-13-11/h3-6H,1-2H3. The summed E-state index contributed by atoms with van der Waals surface area (Å²) < 4.78 is 1.58. The van der Waals surface area contributed by atoms with Gasteiger partial charge in [-0.2, -0.15) is 5.10 Å². The zero-order valence-electron chi connectivity index (χ0n) is 8.94. The molecule has 2 aromatic rings. The summed E-state index contributed by atoms with van der Waals surface area (Å²) in [5.41, 5.74) is 1.99. The summed E-state index contributed by atoms with van der Waals surface area (Å²) in [4.78, 5) is 15.0. The molecule has 0 aliphatic carbocycles. The Morgan fingerprint density at radius 2 is 2.19 bits per heavy atom. The van der Waals surface area contributed by atoms with Crippen LogP contribution >= 0.6 is 11.6 Å². The number of carbonyl (C=O) groups is 1. The van der Waals surface area contributed by atoms with Crippen molar-refractivity contribution >= 4 is 17.9 Å². The van der Waals surface area contributed by atoms with Gasteiger partial charge in [0.1, 0.15) is 0 Å². The normalized spacial score (nSPS) is 10.4. The van der Waals surface area contributed by atoms with Gasteiger partial charge in [0.15, 0.2) is 12.1 Å². The van der Waals surface area contributed by atoms with E-state index in [0.29, 0.717) is 16.4 Å². The molecule has 0 amide bonds. The Labute approximate surface area is 97.9 Å². The minimum atomic E-state index is 0.491. The van der Waals surface area contributed by atoms with Crippen molar-refractivity contribution in [1.82, 2.24) is 14.8 Å². The Bertz CT molecular complexity index is 548. The van der Waals surface area contributed by atoms with Crippen LogP contribution in [-0.2, 0) is 0 Å². The van der Waals surface area contributed by atoms with Crippen LogP contribution in [0, 0.1) is 13.8 Å². The fourth-order valence-electron chi connectivity index (χ4n) is 1.51. The van der Waals surface area contributed by atoms with Gasteiger partial charge in [-0.25, -0.2) is 9.67 Å². The number of halogens is 1. The summed E-state index contributed by atoms with van der Waals surface area (Å²) in [6, 6.07) is 3.40. The van der Waals surface area contributed by atoms with Crippen molar-refractivity contribution in [2.45, 2.75) is 13.8 Å². The molecule has 0 saturated heterocycles. The Morgan fingerprint density at radius 1 is 1.44 bits per heavy atom. The first-order valence-electron chi connectivity index (χ1n) is 4.77. The van der Waals surface area contributed by atoms with Crippen LogP contribution in [0.2, 0.25) is 5.02 Å². The Balaban J connectivity index is 2.67. The van der Waals surface area contributed by atoms with Crippen LogP contribution < -0.4 is 0 Å². The average molecular weight is 236 g/mol. The maximum absolute atomic E-state index is 10.9. The van der Waals surface area contributed by atoms with Gasteiger partial charge in [0.05, 0.1) is 22.0 Å². The largest absolute Gasteiger partial charge is 0.298 e. The fraction of sp³-hybridized carbons (Fsp3) is 0.182. The Kier molecular flexibility index (Phi) is 2.75. The summed E-state index contributed by atoms with van der Waals surface area (Å²) in [5, 5.41) is 4.85. The molecule has 16 heavy (non-hydrogen) atoms. The van der Waals surface area contributed by atoms with Crippen molar-refractivity contribution in [3.8, 4) is 5.82 Å². The predicted octanol–water partition coefficient (Wildman–Crippen LogP) is 2.35. The second-order valence-electron chi connectivity index (χ2n) is 3.43. The molecule has 2 aromatic heterocycles. The second kappa shape index (κ2) is 4.06. The van der Waals surface area contributed by atoms with E-state index in [-0.39, 0.29) is 0 Å². The smallest absolute Gasteiger partial charge is 0.164 e. The van der Waals surface area contributed by atoms with Crippen LogP contribution in [-0.4, -0.2) is 21.1 Å². The second-order valence-corrected chi connectivity index (χ2v) is 3.81. The molecule has 5 heteroatoms. The minimum absolute atomic E-state index is 0.491. The van der Waals surface area contributed by atoms with Crippen LogP contribution in [0.25, 0.3) is 5.82 Å². The summed E-state index contributed by atoms with van der Waals surface area (Å²) in [5.74, 6) is 0.505. The maximum Gasteiger partial charge on any atom is 0.164 e. The van der Waals surface area contributed by atoms with E-state index in [4.69, 9.17) is 11.6 Å². The SMILES string of the molecule is Cc1nn(-c2ncccc2C=O)c(C)c1Cl. The minimum Gasteiger partial charge on any atom is -0.298 e. The lowest BCUT2D eigenvalue weighted by molar-refractivity contribution is 0.112. The molecule has 0 spiro atoms. The summed E-state index contributed by atoms with van der Waals surface area (Å²) in [7, 11) is 0. The van der Waals surface area contributed by atoms with Crippen LogP contribution in [0.5, 0.6) is 0 Å². The molecule has 0 aliphatic heterocycles. The third kappa shape index (κ3) is 1.61. The van der Waals surface area contributed by atoms with E-state index < -0.39 is 0 Å². The molecule has 0 N–H and O–H groups in total. The highest BCUT2D eigenvalue weighted by Gasteiger charge is 2.13. The lowest BCUT2D eigenvalue weighted by atomic mass is 10.3. The van der Waals surface area contributed by atoms with Gasteiger partial charge in [-0.3, -0.25) is 4.79 Å². The quantitative estimate of drug-likeness (QED) is 0.751. The number of hydrogen-bond acceptors (Lipinski definition) is 3. The molecule has 0 aliphatic rings. The highest BCUT2D eigenvalue weighted by molar-refractivity contribution is 6.31. The molecule has 0 atom stereocenters. The van der Waals surface area contributed by atoms with Gasteiger partial charge in [-0.1, -0.05) is 11.6 Å². The van der Waals surface area contributed by atoms with E-state index in [2.05, 4.69) is 10.1 Å². The van der Waals surface area contributed by atoms with Crippen LogP contribution in [0.3, 0.4) is 0 Å². The third-order valence-corrected chi connectivity index (χ3v) is 2.89. The molecular weight excluding hydrogens is 226 g/mol. The number of aldehydes is 1. The molecule has 0 radical (unpaired) electrons. The molecule has 2 heterocycles. The van der Waals surface area contributed by atoms with Crippen LogP contribution in [0.4, 0.5) is 0 Å². The molecule has 82 valence electrons. The first-order valence-corrected chi connectivity index (χ1v) is 5.15. The number of nitrogens with zero attached hydrogens (tertiary/aromatic N) is 3. The van der Waals surface area contributed by atoms with E-state index in [1.54, 1.807) is 23.0 Å². The van der Waals surface area contributed by atoms with Crippen LogP contribution in [0.15, 0.2) is 18.3 Å². The topological polar surface area (TPSA) is 47.8 Å². The van der Waals surface area contributed by atoms with E-state index in [1.165, 1.54) is 0 Å².